The van der Waals surface area contributed by atoms with Crippen molar-refractivity contribution >= 4 is 17.7 Å². The van der Waals surface area contributed by atoms with Gasteiger partial charge in [-0.25, -0.2) is 0 Å². The third-order valence-electron chi connectivity index (χ3n) is 1.06. The van der Waals surface area contributed by atoms with Gasteiger partial charge in [-0.05, 0) is 27.7 Å². The highest BCUT2D eigenvalue weighted by atomic mass is 32.2. The summed E-state index contributed by atoms with van der Waals surface area (Å²) in [6.45, 7) is 6.39. The molecule has 0 bridgehead atoms. The van der Waals surface area contributed by atoms with E-state index >= 15 is 0 Å². The number of hydrogen-bond donors (Lipinski definition) is 1. The third kappa shape index (κ3) is 7.93. The summed E-state index contributed by atoms with van der Waals surface area (Å²) in [4.78, 5) is 0. The van der Waals surface area contributed by atoms with Crippen LogP contribution in [-0.2, 0) is 23.7 Å². The molecule has 0 aromatic carbocycles. The van der Waals surface area contributed by atoms with Crippen molar-refractivity contribution in [3.63, 3.8) is 0 Å². The van der Waals surface area contributed by atoms with Crippen molar-refractivity contribution in [1.82, 2.24) is 0 Å². The van der Waals surface area contributed by atoms with Gasteiger partial charge < -0.3 is 9.05 Å². The molecule has 8 heteroatoms. The van der Waals surface area contributed by atoms with E-state index in [9.17, 15) is 13.0 Å². The number of rotatable bonds is 6. The van der Waals surface area contributed by atoms with Crippen LogP contribution in [0, 0.1) is 0 Å². The van der Waals surface area contributed by atoms with Crippen molar-refractivity contribution in [3.05, 3.63) is 0 Å². The van der Waals surface area contributed by atoms with Crippen molar-refractivity contribution in [1.29, 1.82) is 0 Å². The summed E-state index contributed by atoms with van der Waals surface area (Å²) >= 11 is 0. The predicted octanol–water partition coefficient (Wildman–Crippen LogP) is 1.87. The molecule has 92 valence electrons. The van der Waals surface area contributed by atoms with Gasteiger partial charge in [-0.2, -0.15) is 8.42 Å². The molecule has 0 fully saturated rings. The SMILES string of the molecule is CC(C)OP(=O)(CS(=O)(=O)O)OC(C)C. The van der Waals surface area contributed by atoms with E-state index in [2.05, 4.69) is 0 Å². The third-order valence-corrected chi connectivity index (χ3v) is 5.12. The summed E-state index contributed by atoms with van der Waals surface area (Å²) in [5.74, 6) is 0. The lowest BCUT2D eigenvalue weighted by Crippen LogP contribution is -2.14. The lowest BCUT2D eigenvalue weighted by molar-refractivity contribution is 0.145. The molecule has 1 N–H and O–H groups in total. The highest BCUT2D eigenvalue weighted by molar-refractivity contribution is 7.93. The fourth-order valence-electron chi connectivity index (χ4n) is 0.928. The predicted molar refractivity (Wildman–Crippen MR) is 56.5 cm³/mol. The van der Waals surface area contributed by atoms with Crippen LogP contribution in [0.3, 0.4) is 0 Å². The van der Waals surface area contributed by atoms with Gasteiger partial charge in [0.1, 0.15) is 0 Å². The molecule has 0 aliphatic rings. The Bertz CT molecular complexity index is 319. The van der Waals surface area contributed by atoms with Gasteiger partial charge in [0, 0.05) is 0 Å². The monoisotopic (exact) mass is 260 g/mol. The zero-order valence-corrected chi connectivity index (χ0v) is 10.9. The van der Waals surface area contributed by atoms with E-state index in [0.717, 1.165) is 0 Å². The van der Waals surface area contributed by atoms with Crippen molar-refractivity contribution in [2.75, 3.05) is 5.49 Å². The molecule has 0 aliphatic heterocycles. The van der Waals surface area contributed by atoms with Crippen LogP contribution in [0.2, 0.25) is 0 Å². The average molecular weight is 260 g/mol. The largest absolute Gasteiger partial charge is 0.348 e. The van der Waals surface area contributed by atoms with Crippen LogP contribution in [0.5, 0.6) is 0 Å². The molecule has 0 saturated heterocycles. The van der Waals surface area contributed by atoms with E-state index in [0.29, 0.717) is 0 Å². The average Bonchev–Trinajstić information content (AvgIpc) is 1.73. The smallest absolute Gasteiger partial charge is 0.305 e. The minimum Gasteiger partial charge on any atom is -0.305 e. The van der Waals surface area contributed by atoms with Gasteiger partial charge in [0.05, 0.1) is 12.2 Å². The molecule has 0 amide bonds. The normalized spacial score (nSPS) is 13.8. The summed E-state index contributed by atoms with van der Waals surface area (Å²) in [7, 11) is -8.18. The second-order valence-electron chi connectivity index (χ2n) is 3.63. The summed E-state index contributed by atoms with van der Waals surface area (Å²) in [6.07, 6.45) is -0.896. The van der Waals surface area contributed by atoms with Gasteiger partial charge in [0.2, 0.25) is 0 Å². The first-order chi connectivity index (χ1) is 6.54. The van der Waals surface area contributed by atoms with Crippen molar-refractivity contribution in [2.45, 2.75) is 39.9 Å². The first-order valence-electron chi connectivity index (χ1n) is 4.45. The molecule has 0 spiro atoms. The lowest BCUT2D eigenvalue weighted by atomic mass is 10.5. The fraction of sp³-hybridized carbons (Fsp3) is 1.00. The first-order valence-corrected chi connectivity index (χ1v) is 7.79. The molecule has 0 rings (SSSR count). The van der Waals surface area contributed by atoms with E-state index in [1.54, 1.807) is 27.7 Å². The molecular weight excluding hydrogens is 243 g/mol. The Kier molecular flexibility index (Phi) is 5.43. The van der Waals surface area contributed by atoms with Crippen LogP contribution in [0.25, 0.3) is 0 Å². The van der Waals surface area contributed by atoms with Crippen molar-refractivity contribution in [3.8, 4) is 0 Å². The molecule has 6 nitrogen and oxygen atoms in total. The fourth-order valence-corrected chi connectivity index (χ4v) is 4.35. The topological polar surface area (TPSA) is 89.9 Å². The molecule has 15 heavy (non-hydrogen) atoms. The molecule has 0 atom stereocenters. The summed E-state index contributed by atoms with van der Waals surface area (Å²) in [5.41, 5.74) is -1.02. The maximum absolute atomic E-state index is 11.9. The molecule has 0 aromatic rings. The highest BCUT2D eigenvalue weighted by Crippen LogP contribution is 2.51. The summed E-state index contributed by atoms with van der Waals surface area (Å²) < 4.78 is 51.6. The maximum atomic E-state index is 11.9. The molecule has 0 aromatic heterocycles. The zero-order chi connectivity index (χ0) is 12.3. The summed E-state index contributed by atoms with van der Waals surface area (Å²) in [5, 5.41) is 0. The van der Waals surface area contributed by atoms with Gasteiger partial charge in [-0.3, -0.25) is 9.12 Å². The molecular formula is C7H17O6PS. The molecule has 0 aliphatic carbocycles. The van der Waals surface area contributed by atoms with Crippen LogP contribution >= 0.6 is 7.60 Å². The van der Waals surface area contributed by atoms with E-state index in [-0.39, 0.29) is 0 Å². The minimum atomic E-state index is -4.39. The Hall–Kier alpha value is 0.0600. The van der Waals surface area contributed by atoms with Gasteiger partial charge in [-0.15, -0.1) is 0 Å². The van der Waals surface area contributed by atoms with E-state index in [4.69, 9.17) is 13.6 Å². The van der Waals surface area contributed by atoms with Gasteiger partial charge in [-0.1, -0.05) is 0 Å². The second-order valence-corrected chi connectivity index (χ2v) is 7.47. The first kappa shape index (κ1) is 15.1. The Balaban J connectivity index is 4.79. The van der Waals surface area contributed by atoms with Crippen LogP contribution in [0.4, 0.5) is 0 Å². The second kappa shape index (κ2) is 5.41. The zero-order valence-electron chi connectivity index (χ0n) is 9.21. The van der Waals surface area contributed by atoms with E-state index in [1.165, 1.54) is 0 Å². The quantitative estimate of drug-likeness (QED) is 0.579. The standard InChI is InChI=1S/C7H17O6PS/c1-6(2)12-14(8,13-7(3)4)5-15(9,10)11/h6-7H,5H2,1-4H3,(H,9,10,11). The van der Waals surface area contributed by atoms with Gasteiger partial charge >= 0.3 is 7.60 Å². The maximum Gasteiger partial charge on any atom is 0.348 e. The molecule has 0 unspecified atom stereocenters. The molecule has 0 heterocycles. The minimum absolute atomic E-state index is 0.448. The Morgan fingerprint density at radius 1 is 1.13 bits per heavy atom. The van der Waals surface area contributed by atoms with Crippen LogP contribution in [-0.4, -0.2) is 30.7 Å². The number of hydrogen-bond acceptors (Lipinski definition) is 5. The van der Waals surface area contributed by atoms with Gasteiger partial charge in [0.25, 0.3) is 10.1 Å². The van der Waals surface area contributed by atoms with Crippen molar-refractivity contribution in [2.24, 2.45) is 0 Å². The molecule has 0 saturated carbocycles. The Morgan fingerprint density at radius 3 is 1.67 bits per heavy atom. The Labute approximate surface area is 90.2 Å². The molecule has 0 radical (unpaired) electrons. The Morgan fingerprint density at radius 2 is 1.47 bits per heavy atom. The van der Waals surface area contributed by atoms with Crippen LogP contribution in [0.1, 0.15) is 27.7 Å². The lowest BCUT2D eigenvalue weighted by Gasteiger charge is -2.21. The van der Waals surface area contributed by atoms with Gasteiger partial charge in [0.15, 0.2) is 5.49 Å². The van der Waals surface area contributed by atoms with E-state index in [1.807, 2.05) is 0 Å². The van der Waals surface area contributed by atoms with Crippen LogP contribution in [0.15, 0.2) is 0 Å². The van der Waals surface area contributed by atoms with Crippen LogP contribution < -0.4 is 0 Å². The summed E-state index contributed by atoms with van der Waals surface area (Å²) in [6, 6.07) is 0. The van der Waals surface area contributed by atoms with Crippen molar-refractivity contribution < 1.29 is 26.6 Å². The highest BCUT2D eigenvalue weighted by Gasteiger charge is 2.33. The van der Waals surface area contributed by atoms with E-state index < -0.39 is 35.4 Å².